The van der Waals surface area contributed by atoms with Gasteiger partial charge in [-0.2, -0.15) is 0 Å². The summed E-state index contributed by atoms with van der Waals surface area (Å²) in [5.41, 5.74) is 2.51. The fourth-order valence-corrected chi connectivity index (χ4v) is 30.9. The Balaban J connectivity index is 3.87. The molecule has 0 aromatic rings. The van der Waals surface area contributed by atoms with Gasteiger partial charge in [0.05, 0.1) is 0 Å². The molecule has 1 rings (SSSR count). The molecule has 0 radical (unpaired) electrons. The van der Waals surface area contributed by atoms with Crippen molar-refractivity contribution in [1.29, 1.82) is 0 Å². The summed E-state index contributed by atoms with van der Waals surface area (Å²) >= 11 is 0. The molecule has 0 aromatic heterocycles. The van der Waals surface area contributed by atoms with E-state index >= 15 is 0 Å². The largest absolute Gasteiger partial charge is 0.281 e. The molecule has 0 spiro atoms. The minimum atomic E-state index is -1.44. The molecular formula is C23H49Si3-. The Hall–Kier alpha value is 0.391. The van der Waals surface area contributed by atoms with Gasteiger partial charge in [-0.05, 0) is 15.9 Å². The standard InChI is InChI=1S/C23H49Si3/c1-20(2,3)17-18(21(4,5)6)24(26(15,16)23(10,11)12)19(17)25(13,14)22(7,8)9/h19H,1-16H3/q-1. The third kappa shape index (κ3) is 3.91. The van der Waals surface area contributed by atoms with Crippen molar-refractivity contribution in [2.45, 2.75) is 125 Å². The molecule has 0 N–H and O–H groups in total. The molecule has 26 heavy (non-hydrogen) atoms. The molecule has 1 unspecified atom stereocenters. The van der Waals surface area contributed by atoms with Crippen molar-refractivity contribution in [2.24, 2.45) is 10.8 Å². The van der Waals surface area contributed by atoms with Crippen molar-refractivity contribution in [3.8, 4) is 0 Å². The van der Waals surface area contributed by atoms with Crippen LogP contribution in [0.3, 0.4) is 0 Å². The number of hydrogen-bond donors (Lipinski definition) is 0. The van der Waals surface area contributed by atoms with E-state index in [4.69, 9.17) is 0 Å². The van der Waals surface area contributed by atoms with E-state index in [1.54, 1.807) is 0 Å². The summed E-state index contributed by atoms with van der Waals surface area (Å²) in [5, 5.41) is 3.80. The molecule has 0 bridgehead atoms. The van der Waals surface area contributed by atoms with E-state index < -0.39 is 24.0 Å². The lowest BCUT2D eigenvalue weighted by Crippen LogP contribution is -2.69. The minimum Gasteiger partial charge on any atom is -0.281 e. The Labute approximate surface area is 170 Å². The monoisotopic (exact) mass is 409 g/mol. The number of hydrogen-bond acceptors (Lipinski definition) is 0. The molecule has 0 saturated carbocycles. The summed E-state index contributed by atoms with van der Waals surface area (Å²) in [7, 11) is -3.34. The lowest BCUT2D eigenvalue weighted by molar-refractivity contribution is 0.438. The molecule has 0 saturated heterocycles. The zero-order valence-electron chi connectivity index (χ0n) is 21.1. The number of allylic oxidation sites excluding steroid dienone is 2. The minimum absolute atomic E-state index is 0.305. The molecule has 154 valence electrons. The van der Waals surface area contributed by atoms with Crippen LogP contribution in [0.25, 0.3) is 0 Å². The summed E-state index contributed by atoms with van der Waals surface area (Å²) in [6.45, 7) is 41.0. The Bertz CT molecular complexity index is 515. The predicted molar refractivity (Wildman–Crippen MR) is 130 cm³/mol. The summed E-state index contributed by atoms with van der Waals surface area (Å²) < 4.78 is 0. The second-order valence-electron chi connectivity index (χ2n) is 14.0. The van der Waals surface area contributed by atoms with Gasteiger partial charge in [-0.15, -0.1) is 10.7 Å². The Morgan fingerprint density at radius 2 is 1.00 bits per heavy atom. The maximum Gasteiger partial charge on any atom is 0.0294 e. The van der Waals surface area contributed by atoms with Crippen LogP contribution < -0.4 is 0 Å². The third-order valence-corrected chi connectivity index (χ3v) is 32.8. The molecule has 0 aliphatic carbocycles. The van der Waals surface area contributed by atoms with Gasteiger partial charge >= 0.3 is 0 Å². The third-order valence-electron chi connectivity index (χ3n) is 7.88. The van der Waals surface area contributed by atoms with Gasteiger partial charge in [0.1, 0.15) is 0 Å². The second kappa shape index (κ2) is 6.45. The van der Waals surface area contributed by atoms with Crippen LogP contribution >= 0.6 is 0 Å². The highest BCUT2D eigenvalue weighted by Crippen LogP contribution is 2.65. The van der Waals surface area contributed by atoms with Crippen LogP contribution in [0.4, 0.5) is 0 Å². The van der Waals surface area contributed by atoms with Gasteiger partial charge in [0.15, 0.2) is 0 Å². The molecule has 3 heteroatoms. The summed E-state index contributed by atoms with van der Waals surface area (Å²) in [5.74, 6) is 0. The van der Waals surface area contributed by atoms with E-state index in [0.29, 0.717) is 20.9 Å². The van der Waals surface area contributed by atoms with Crippen LogP contribution in [0, 0.1) is 10.8 Å². The first-order valence-corrected chi connectivity index (χ1v) is 19.3. The van der Waals surface area contributed by atoms with Crippen LogP contribution in [-0.2, 0) is 0 Å². The van der Waals surface area contributed by atoms with E-state index in [1.165, 1.54) is 0 Å². The van der Waals surface area contributed by atoms with Gasteiger partial charge in [-0.25, -0.2) is 5.20 Å². The Morgan fingerprint density at radius 3 is 1.23 bits per heavy atom. The van der Waals surface area contributed by atoms with Crippen molar-refractivity contribution in [1.82, 2.24) is 0 Å². The van der Waals surface area contributed by atoms with Crippen LogP contribution in [0.15, 0.2) is 10.8 Å². The molecular weight excluding hydrogens is 361 g/mol. The predicted octanol–water partition coefficient (Wildman–Crippen LogP) is 8.43. The second-order valence-corrected chi connectivity index (χ2v) is 32.1. The maximum atomic E-state index is 2.73. The Morgan fingerprint density at radius 1 is 0.615 bits per heavy atom. The highest BCUT2D eigenvalue weighted by Gasteiger charge is 2.54. The van der Waals surface area contributed by atoms with E-state index in [9.17, 15) is 0 Å². The van der Waals surface area contributed by atoms with E-state index in [2.05, 4.69) is 109 Å². The van der Waals surface area contributed by atoms with Crippen LogP contribution in [-0.4, -0.2) is 24.0 Å². The number of rotatable bonds is 2. The quantitative estimate of drug-likeness (QED) is 0.401. The molecule has 0 amide bonds. The Kier molecular flexibility index (Phi) is 6.06. The van der Waals surface area contributed by atoms with Gasteiger partial charge in [-0.1, -0.05) is 122 Å². The summed E-state index contributed by atoms with van der Waals surface area (Å²) in [6.07, 6.45) is 0. The van der Waals surface area contributed by atoms with E-state index in [-0.39, 0.29) is 0 Å². The molecule has 1 aliphatic rings. The zero-order valence-corrected chi connectivity index (χ0v) is 24.1. The van der Waals surface area contributed by atoms with Crippen LogP contribution in [0.1, 0.15) is 83.1 Å². The smallest absolute Gasteiger partial charge is 0.0294 e. The van der Waals surface area contributed by atoms with Crippen molar-refractivity contribution in [2.75, 3.05) is 0 Å². The van der Waals surface area contributed by atoms with Gasteiger partial charge < -0.3 is 0 Å². The highest BCUT2D eigenvalue weighted by atomic mass is 29.2. The molecule has 1 atom stereocenters. The van der Waals surface area contributed by atoms with Gasteiger partial charge in [0.2, 0.25) is 0 Å². The van der Waals surface area contributed by atoms with Crippen molar-refractivity contribution >= 4 is 24.0 Å². The molecule has 0 nitrogen and oxygen atoms in total. The van der Waals surface area contributed by atoms with Gasteiger partial charge in [0, 0.05) is 8.07 Å². The first-order valence-electron chi connectivity index (χ1n) is 10.6. The van der Waals surface area contributed by atoms with Crippen LogP contribution in [0.5, 0.6) is 0 Å². The maximum absolute atomic E-state index is 2.73. The fraction of sp³-hybridized carbons (Fsp3) is 0.913. The van der Waals surface area contributed by atoms with Gasteiger partial charge in [0.25, 0.3) is 0 Å². The van der Waals surface area contributed by atoms with Crippen molar-refractivity contribution in [3.05, 3.63) is 10.8 Å². The highest BCUT2D eigenvalue weighted by molar-refractivity contribution is 7.40. The van der Waals surface area contributed by atoms with Crippen LogP contribution in [0.2, 0.25) is 41.4 Å². The topological polar surface area (TPSA) is 0 Å². The van der Waals surface area contributed by atoms with E-state index in [1.807, 2.05) is 10.8 Å². The van der Waals surface area contributed by atoms with Crippen molar-refractivity contribution in [3.63, 3.8) is 0 Å². The summed E-state index contributed by atoms with van der Waals surface area (Å²) in [6, 6.07) is 0. The van der Waals surface area contributed by atoms with E-state index in [0.717, 1.165) is 5.16 Å². The first-order chi connectivity index (χ1) is 11.0. The molecule has 1 aliphatic heterocycles. The molecule has 0 aromatic carbocycles. The van der Waals surface area contributed by atoms with Gasteiger partial charge in [-0.3, -0.25) is 8.31 Å². The fourth-order valence-electron chi connectivity index (χ4n) is 4.35. The zero-order chi connectivity index (χ0) is 21.3. The summed E-state index contributed by atoms with van der Waals surface area (Å²) in [4.78, 5) is 0. The average Bonchev–Trinajstić information content (AvgIpc) is 2.17. The van der Waals surface area contributed by atoms with Crippen molar-refractivity contribution < 1.29 is 0 Å². The SMILES string of the molecule is CC(C)(C)C1=C(C(C)(C)C)[Si-]([Si](C)(C)C(C)(C)C)C1[Si](C)(C)C(C)(C)C. The lowest BCUT2D eigenvalue weighted by Gasteiger charge is -2.75. The lowest BCUT2D eigenvalue weighted by atomic mass is 9.80. The molecule has 1 heterocycles. The molecule has 0 fully saturated rings. The first kappa shape index (κ1) is 24.4. The normalized spacial score (nSPS) is 21.2. The average molecular weight is 410 g/mol.